The highest BCUT2D eigenvalue weighted by atomic mass is 32.2. The van der Waals surface area contributed by atoms with Gasteiger partial charge in [0.25, 0.3) is 10.0 Å². The average Bonchev–Trinajstić information content (AvgIpc) is 2.93. The Hall–Kier alpha value is -1.86. The number of nitrogens with one attached hydrogen (secondary N) is 1. The van der Waals surface area contributed by atoms with Crippen molar-refractivity contribution in [3.63, 3.8) is 0 Å². The number of aromatic nitrogens is 2. The number of hydrogen-bond donors (Lipinski definition) is 2. The van der Waals surface area contributed by atoms with E-state index in [0.29, 0.717) is 12.2 Å². The lowest BCUT2D eigenvalue weighted by Gasteiger charge is -2.27. The Bertz CT molecular complexity index is 648. The van der Waals surface area contributed by atoms with Gasteiger partial charge < -0.3 is 5.73 Å². The van der Waals surface area contributed by atoms with Crippen molar-refractivity contribution in [3.8, 4) is 0 Å². The molecule has 0 saturated carbocycles. The largest absolute Gasteiger partial charge is 0.326 e. The molecule has 7 heteroatoms. The Morgan fingerprint density at radius 1 is 1.30 bits per heavy atom. The monoisotopic (exact) mass is 294 g/mol. The topological polar surface area (TPSA) is 92.1 Å². The number of sulfonamides is 1. The predicted molar refractivity (Wildman–Crippen MR) is 77.7 cm³/mol. The minimum absolute atomic E-state index is 0.147. The zero-order valence-corrected chi connectivity index (χ0v) is 12.3. The highest BCUT2D eigenvalue weighted by Crippen LogP contribution is 2.25. The number of H-pyrrole nitrogens is 1. The zero-order chi connectivity index (χ0) is 14.8. The molecular weight excluding hydrogens is 276 g/mol. The van der Waals surface area contributed by atoms with E-state index in [1.54, 1.807) is 12.1 Å². The van der Waals surface area contributed by atoms with Crippen molar-refractivity contribution >= 4 is 15.7 Å². The van der Waals surface area contributed by atoms with E-state index in [4.69, 9.17) is 5.73 Å². The Morgan fingerprint density at radius 2 is 1.95 bits per heavy atom. The number of aromatic amines is 1. The number of rotatable bonds is 5. The molecule has 1 aromatic carbocycles. The number of nitrogens with two attached hydrogens (primary N) is 1. The molecule has 0 radical (unpaired) electrons. The molecule has 0 aliphatic carbocycles. The van der Waals surface area contributed by atoms with Crippen LogP contribution in [-0.2, 0) is 16.6 Å². The lowest BCUT2D eigenvalue weighted by Crippen LogP contribution is -2.36. The van der Waals surface area contributed by atoms with Gasteiger partial charge in [0.1, 0.15) is 4.90 Å². The first-order valence-electron chi connectivity index (χ1n) is 6.29. The van der Waals surface area contributed by atoms with Crippen LogP contribution in [0.3, 0.4) is 0 Å². The molecule has 3 N–H and O–H groups in total. The van der Waals surface area contributed by atoms with E-state index in [1.807, 2.05) is 26.0 Å². The van der Waals surface area contributed by atoms with Crippen LogP contribution in [-0.4, -0.2) is 24.7 Å². The van der Waals surface area contributed by atoms with Gasteiger partial charge in [0, 0.05) is 18.8 Å². The second-order valence-electron chi connectivity index (χ2n) is 4.70. The molecule has 6 nitrogen and oxygen atoms in total. The van der Waals surface area contributed by atoms with Gasteiger partial charge in [0.05, 0.1) is 11.9 Å². The highest BCUT2D eigenvalue weighted by Gasteiger charge is 2.28. The molecule has 0 saturated heterocycles. The number of anilines is 1. The van der Waals surface area contributed by atoms with Gasteiger partial charge in [-0.3, -0.25) is 9.40 Å². The fraction of sp³-hybridized carbons (Fsp3) is 0.308. The van der Waals surface area contributed by atoms with Gasteiger partial charge in [0.15, 0.2) is 0 Å². The van der Waals surface area contributed by atoms with Crippen molar-refractivity contribution < 1.29 is 8.42 Å². The van der Waals surface area contributed by atoms with Crippen LogP contribution in [0.15, 0.2) is 41.6 Å². The predicted octanol–water partition coefficient (Wildman–Crippen LogP) is 1.47. The van der Waals surface area contributed by atoms with Crippen LogP contribution in [0, 0.1) is 0 Å². The van der Waals surface area contributed by atoms with Gasteiger partial charge in [-0.15, -0.1) is 0 Å². The van der Waals surface area contributed by atoms with Crippen LogP contribution < -0.4 is 10.0 Å². The minimum Gasteiger partial charge on any atom is -0.326 e. The van der Waals surface area contributed by atoms with Crippen LogP contribution in [0.25, 0.3) is 0 Å². The molecule has 0 atom stereocenters. The van der Waals surface area contributed by atoms with Gasteiger partial charge in [-0.25, -0.2) is 8.42 Å². The van der Waals surface area contributed by atoms with Gasteiger partial charge in [-0.2, -0.15) is 5.10 Å². The van der Waals surface area contributed by atoms with Crippen LogP contribution in [0.2, 0.25) is 0 Å². The molecule has 108 valence electrons. The maximum absolute atomic E-state index is 12.6. The Morgan fingerprint density at radius 3 is 2.40 bits per heavy atom. The molecule has 0 aliphatic heterocycles. The summed E-state index contributed by atoms with van der Waals surface area (Å²) in [5, 5.41) is 6.23. The van der Waals surface area contributed by atoms with Crippen molar-refractivity contribution in [2.45, 2.75) is 31.3 Å². The average molecular weight is 294 g/mol. The van der Waals surface area contributed by atoms with Gasteiger partial charge in [0.2, 0.25) is 0 Å². The molecule has 1 heterocycles. The van der Waals surface area contributed by atoms with Gasteiger partial charge >= 0.3 is 0 Å². The smallest absolute Gasteiger partial charge is 0.267 e. The van der Waals surface area contributed by atoms with E-state index < -0.39 is 10.0 Å². The number of benzene rings is 1. The summed E-state index contributed by atoms with van der Waals surface area (Å²) in [5.41, 5.74) is 7.12. The molecule has 20 heavy (non-hydrogen) atoms. The van der Waals surface area contributed by atoms with E-state index in [0.717, 1.165) is 5.56 Å². The normalized spacial score (nSPS) is 11.8. The second-order valence-corrected chi connectivity index (χ2v) is 6.51. The first-order valence-corrected chi connectivity index (χ1v) is 7.73. The molecule has 0 unspecified atom stereocenters. The van der Waals surface area contributed by atoms with E-state index in [9.17, 15) is 8.42 Å². The molecule has 2 rings (SSSR count). The third-order valence-corrected chi connectivity index (χ3v) is 4.89. The molecule has 0 spiro atoms. The van der Waals surface area contributed by atoms with Gasteiger partial charge in [-0.1, -0.05) is 12.1 Å². The first-order chi connectivity index (χ1) is 9.46. The molecule has 0 aliphatic rings. The fourth-order valence-corrected chi connectivity index (χ4v) is 3.56. The maximum atomic E-state index is 12.6. The summed E-state index contributed by atoms with van der Waals surface area (Å²) in [6.07, 6.45) is 2.68. The zero-order valence-electron chi connectivity index (χ0n) is 11.4. The Kier molecular flexibility index (Phi) is 4.10. The van der Waals surface area contributed by atoms with E-state index >= 15 is 0 Å². The van der Waals surface area contributed by atoms with Crippen molar-refractivity contribution in [1.82, 2.24) is 10.2 Å². The summed E-state index contributed by atoms with van der Waals surface area (Å²) >= 11 is 0. The first kappa shape index (κ1) is 14.5. The van der Waals surface area contributed by atoms with Crippen molar-refractivity contribution in [3.05, 3.63) is 42.2 Å². The lowest BCUT2D eigenvalue weighted by atomic mass is 10.2. The quantitative estimate of drug-likeness (QED) is 0.873. The standard InChI is InChI=1S/C13H18N4O2S/c1-10(2)17(12-5-3-11(7-14)4-6-12)20(18,19)13-8-15-16-9-13/h3-6,8-10H,7,14H2,1-2H3,(H,15,16). The summed E-state index contributed by atoms with van der Waals surface area (Å²) in [7, 11) is -3.62. The Balaban J connectivity index is 2.46. The summed E-state index contributed by atoms with van der Waals surface area (Å²) < 4.78 is 26.6. The van der Waals surface area contributed by atoms with E-state index in [-0.39, 0.29) is 10.9 Å². The molecule has 1 aromatic heterocycles. The molecule has 2 aromatic rings. The Labute approximate surface area is 118 Å². The fourth-order valence-electron chi connectivity index (χ4n) is 1.99. The third kappa shape index (κ3) is 2.68. The maximum Gasteiger partial charge on any atom is 0.267 e. The van der Waals surface area contributed by atoms with Crippen molar-refractivity contribution in [2.75, 3.05) is 4.31 Å². The van der Waals surface area contributed by atoms with Crippen LogP contribution in [0.1, 0.15) is 19.4 Å². The molecule has 0 bridgehead atoms. The van der Waals surface area contributed by atoms with E-state index in [2.05, 4.69) is 10.2 Å². The third-order valence-electron chi connectivity index (χ3n) is 2.93. The minimum atomic E-state index is -3.62. The van der Waals surface area contributed by atoms with Crippen molar-refractivity contribution in [1.29, 1.82) is 0 Å². The van der Waals surface area contributed by atoms with Crippen LogP contribution >= 0.6 is 0 Å². The molecule has 0 fully saturated rings. The number of nitrogens with zero attached hydrogens (tertiary/aromatic N) is 2. The lowest BCUT2D eigenvalue weighted by molar-refractivity contribution is 0.584. The molecule has 0 amide bonds. The van der Waals surface area contributed by atoms with Crippen LogP contribution in [0.4, 0.5) is 5.69 Å². The van der Waals surface area contributed by atoms with Crippen LogP contribution in [0.5, 0.6) is 0 Å². The molecular formula is C13H18N4O2S. The second kappa shape index (κ2) is 5.64. The van der Waals surface area contributed by atoms with Crippen molar-refractivity contribution in [2.24, 2.45) is 5.73 Å². The highest BCUT2D eigenvalue weighted by molar-refractivity contribution is 7.92. The summed E-state index contributed by atoms with van der Waals surface area (Å²) in [6, 6.07) is 6.98. The van der Waals surface area contributed by atoms with E-state index in [1.165, 1.54) is 16.7 Å². The SMILES string of the molecule is CC(C)N(c1ccc(CN)cc1)S(=O)(=O)c1cn[nH]c1. The van der Waals surface area contributed by atoms with Gasteiger partial charge in [-0.05, 0) is 31.5 Å². The summed E-state index contributed by atoms with van der Waals surface area (Å²) in [5.74, 6) is 0. The summed E-state index contributed by atoms with van der Waals surface area (Å²) in [4.78, 5) is 0.147. The number of hydrogen-bond acceptors (Lipinski definition) is 4. The summed E-state index contributed by atoms with van der Waals surface area (Å²) in [6.45, 7) is 4.08.